The third-order valence-corrected chi connectivity index (χ3v) is 3.64. The standard InChI is InChI=1S/C16H20N2O2/c1-12-10-13(11-17)4-7-15(12)16(20)18(14-5-6-14)8-2-3-9-19/h4,7,10,14,19H,2-3,5-6,8-9H2,1H3. The van der Waals surface area contributed by atoms with E-state index < -0.39 is 0 Å². The summed E-state index contributed by atoms with van der Waals surface area (Å²) in [7, 11) is 0. The molecule has 0 heterocycles. The Morgan fingerprint density at radius 1 is 1.45 bits per heavy atom. The summed E-state index contributed by atoms with van der Waals surface area (Å²) in [5.41, 5.74) is 2.11. The Morgan fingerprint density at radius 3 is 2.75 bits per heavy atom. The van der Waals surface area contributed by atoms with Gasteiger partial charge in [-0.1, -0.05) is 0 Å². The van der Waals surface area contributed by atoms with Gasteiger partial charge < -0.3 is 10.0 Å². The molecule has 4 heteroatoms. The molecule has 1 aromatic carbocycles. The van der Waals surface area contributed by atoms with Crippen LogP contribution in [0.2, 0.25) is 0 Å². The smallest absolute Gasteiger partial charge is 0.254 e. The van der Waals surface area contributed by atoms with Crippen LogP contribution in [-0.4, -0.2) is 35.1 Å². The fraction of sp³-hybridized carbons (Fsp3) is 0.500. The lowest BCUT2D eigenvalue weighted by Gasteiger charge is -2.23. The normalized spacial score (nSPS) is 13.8. The van der Waals surface area contributed by atoms with Gasteiger partial charge in [0.25, 0.3) is 5.91 Å². The fourth-order valence-corrected chi connectivity index (χ4v) is 2.36. The zero-order valence-corrected chi connectivity index (χ0v) is 11.8. The molecule has 20 heavy (non-hydrogen) atoms. The van der Waals surface area contributed by atoms with Crippen molar-refractivity contribution in [3.05, 3.63) is 34.9 Å². The van der Waals surface area contributed by atoms with Crippen molar-refractivity contribution in [2.75, 3.05) is 13.2 Å². The van der Waals surface area contributed by atoms with Crippen molar-refractivity contribution < 1.29 is 9.90 Å². The summed E-state index contributed by atoms with van der Waals surface area (Å²) in [6.45, 7) is 2.74. The predicted octanol–water partition coefficient (Wildman–Crippen LogP) is 2.24. The SMILES string of the molecule is Cc1cc(C#N)ccc1C(=O)N(CCCCO)C1CC1. The molecule has 0 unspecified atom stereocenters. The Balaban J connectivity index is 2.13. The molecule has 0 aromatic heterocycles. The molecule has 2 rings (SSSR count). The first-order chi connectivity index (χ1) is 9.67. The number of carbonyl (C=O) groups excluding carboxylic acids is 1. The van der Waals surface area contributed by atoms with E-state index in [1.165, 1.54) is 0 Å². The van der Waals surface area contributed by atoms with Crippen LogP contribution in [0.3, 0.4) is 0 Å². The van der Waals surface area contributed by atoms with E-state index in [0.29, 0.717) is 23.7 Å². The summed E-state index contributed by atoms with van der Waals surface area (Å²) < 4.78 is 0. The Labute approximate surface area is 119 Å². The van der Waals surface area contributed by atoms with Crippen LogP contribution < -0.4 is 0 Å². The lowest BCUT2D eigenvalue weighted by molar-refractivity contribution is 0.0736. The lowest BCUT2D eigenvalue weighted by Crippen LogP contribution is -2.34. The van der Waals surface area contributed by atoms with Gasteiger partial charge in [-0.3, -0.25) is 4.79 Å². The van der Waals surface area contributed by atoms with Crippen molar-refractivity contribution in [3.8, 4) is 6.07 Å². The van der Waals surface area contributed by atoms with Crippen LogP contribution in [0.1, 0.15) is 47.2 Å². The first-order valence-corrected chi connectivity index (χ1v) is 7.10. The van der Waals surface area contributed by atoms with Crippen molar-refractivity contribution in [1.29, 1.82) is 5.26 Å². The molecule has 106 valence electrons. The molecule has 0 atom stereocenters. The van der Waals surface area contributed by atoms with E-state index in [0.717, 1.165) is 31.2 Å². The number of benzene rings is 1. The monoisotopic (exact) mass is 272 g/mol. The Kier molecular flexibility index (Phi) is 4.75. The maximum absolute atomic E-state index is 12.6. The van der Waals surface area contributed by atoms with Gasteiger partial charge in [-0.15, -0.1) is 0 Å². The first-order valence-electron chi connectivity index (χ1n) is 7.10. The molecule has 0 bridgehead atoms. The maximum atomic E-state index is 12.6. The summed E-state index contributed by atoms with van der Waals surface area (Å²) in [4.78, 5) is 14.5. The van der Waals surface area contributed by atoms with Crippen molar-refractivity contribution >= 4 is 5.91 Å². The van der Waals surface area contributed by atoms with E-state index in [2.05, 4.69) is 6.07 Å². The third kappa shape index (κ3) is 3.37. The number of aliphatic hydroxyl groups is 1. The van der Waals surface area contributed by atoms with E-state index in [1.54, 1.807) is 18.2 Å². The second kappa shape index (κ2) is 6.53. The van der Waals surface area contributed by atoms with Gasteiger partial charge in [0, 0.05) is 24.8 Å². The van der Waals surface area contributed by atoms with Crippen molar-refractivity contribution in [2.24, 2.45) is 0 Å². The molecule has 1 fully saturated rings. The van der Waals surface area contributed by atoms with E-state index in [9.17, 15) is 4.79 Å². The van der Waals surface area contributed by atoms with Crippen molar-refractivity contribution in [3.63, 3.8) is 0 Å². The quantitative estimate of drug-likeness (QED) is 0.808. The second-order valence-corrected chi connectivity index (χ2v) is 5.30. The molecular formula is C16H20N2O2. The minimum absolute atomic E-state index is 0.0485. The van der Waals surface area contributed by atoms with Gasteiger partial charge >= 0.3 is 0 Å². The molecule has 0 radical (unpaired) electrons. The van der Waals surface area contributed by atoms with Gasteiger partial charge in [0.05, 0.1) is 11.6 Å². The van der Waals surface area contributed by atoms with Crippen LogP contribution in [0.4, 0.5) is 0 Å². The van der Waals surface area contributed by atoms with Gasteiger partial charge in [-0.25, -0.2) is 0 Å². The molecular weight excluding hydrogens is 252 g/mol. The summed E-state index contributed by atoms with van der Waals surface area (Å²) in [6, 6.07) is 7.64. The third-order valence-electron chi connectivity index (χ3n) is 3.64. The highest BCUT2D eigenvalue weighted by atomic mass is 16.3. The number of nitrogens with zero attached hydrogens (tertiary/aromatic N) is 2. The highest BCUT2D eigenvalue weighted by Crippen LogP contribution is 2.29. The number of rotatable bonds is 6. The summed E-state index contributed by atoms with van der Waals surface area (Å²) in [5.74, 6) is 0.0485. The second-order valence-electron chi connectivity index (χ2n) is 5.30. The molecule has 1 saturated carbocycles. The Morgan fingerprint density at radius 2 is 2.20 bits per heavy atom. The van der Waals surface area contributed by atoms with Crippen molar-refractivity contribution in [1.82, 2.24) is 4.90 Å². The maximum Gasteiger partial charge on any atom is 0.254 e. The fourth-order valence-electron chi connectivity index (χ4n) is 2.36. The van der Waals surface area contributed by atoms with Crippen molar-refractivity contribution in [2.45, 2.75) is 38.6 Å². The largest absolute Gasteiger partial charge is 0.396 e. The topological polar surface area (TPSA) is 64.3 Å². The van der Waals surface area contributed by atoms with E-state index in [-0.39, 0.29) is 12.5 Å². The van der Waals surface area contributed by atoms with Crippen LogP contribution in [0, 0.1) is 18.3 Å². The Bertz CT molecular complexity index is 530. The number of unbranched alkanes of at least 4 members (excludes halogenated alkanes) is 1. The number of hydrogen-bond donors (Lipinski definition) is 1. The van der Waals surface area contributed by atoms with E-state index >= 15 is 0 Å². The zero-order chi connectivity index (χ0) is 14.5. The highest BCUT2D eigenvalue weighted by molar-refractivity contribution is 5.96. The van der Waals surface area contributed by atoms with E-state index in [1.807, 2.05) is 11.8 Å². The summed E-state index contributed by atoms with van der Waals surface area (Å²) in [6.07, 6.45) is 3.69. The molecule has 1 aliphatic rings. The minimum atomic E-state index is 0.0485. The molecule has 1 aromatic rings. The minimum Gasteiger partial charge on any atom is -0.396 e. The van der Waals surface area contributed by atoms with Crippen LogP contribution in [0.25, 0.3) is 0 Å². The van der Waals surface area contributed by atoms with Crippen LogP contribution in [0.15, 0.2) is 18.2 Å². The first kappa shape index (κ1) is 14.5. The molecule has 0 saturated heterocycles. The zero-order valence-electron chi connectivity index (χ0n) is 11.8. The highest BCUT2D eigenvalue weighted by Gasteiger charge is 2.33. The number of carbonyl (C=O) groups is 1. The molecule has 1 N–H and O–H groups in total. The van der Waals surface area contributed by atoms with Gasteiger partial charge in [0.1, 0.15) is 0 Å². The van der Waals surface area contributed by atoms with Gasteiger partial charge in [-0.2, -0.15) is 5.26 Å². The molecule has 0 aliphatic heterocycles. The molecule has 4 nitrogen and oxygen atoms in total. The molecule has 1 amide bonds. The lowest BCUT2D eigenvalue weighted by atomic mass is 10.0. The van der Waals surface area contributed by atoms with Crippen LogP contribution in [0.5, 0.6) is 0 Å². The van der Waals surface area contributed by atoms with Gasteiger partial charge in [-0.05, 0) is 56.4 Å². The van der Waals surface area contributed by atoms with E-state index in [4.69, 9.17) is 10.4 Å². The number of nitriles is 1. The average Bonchev–Trinajstić information content (AvgIpc) is 3.27. The number of aryl methyl sites for hydroxylation is 1. The number of amides is 1. The number of aliphatic hydroxyl groups excluding tert-OH is 1. The molecule has 1 aliphatic carbocycles. The van der Waals surface area contributed by atoms with Gasteiger partial charge in [0.15, 0.2) is 0 Å². The average molecular weight is 272 g/mol. The molecule has 0 spiro atoms. The van der Waals surface area contributed by atoms with Gasteiger partial charge in [0.2, 0.25) is 0 Å². The predicted molar refractivity (Wildman–Crippen MR) is 76.3 cm³/mol. The Hall–Kier alpha value is -1.86. The summed E-state index contributed by atoms with van der Waals surface area (Å²) in [5, 5.41) is 17.7. The number of hydrogen-bond acceptors (Lipinski definition) is 3. The van der Waals surface area contributed by atoms with Crippen LogP contribution in [-0.2, 0) is 0 Å². The summed E-state index contributed by atoms with van der Waals surface area (Å²) >= 11 is 0. The van der Waals surface area contributed by atoms with Crippen LogP contribution >= 0.6 is 0 Å².